The predicted octanol–water partition coefficient (Wildman–Crippen LogP) is 0.0950. The fourth-order valence-electron chi connectivity index (χ4n) is 2.44. The Bertz CT molecular complexity index is 547. The van der Waals surface area contributed by atoms with Crippen LogP contribution in [0.4, 0.5) is 5.69 Å². The van der Waals surface area contributed by atoms with Crippen LogP contribution in [0.5, 0.6) is 0 Å². The molecule has 2 unspecified atom stereocenters. The lowest BCUT2D eigenvalue weighted by molar-refractivity contribution is -0.384. The van der Waals surface area contributed by atoms with Crippen molar-refractivity contribution < 1.29 is 19.2 Å². The Morgan fingerprint density at radius 1 is 1.39 bits per heavy atom. The van der Waals surface area contributed by atoms with Crippen LogP contribution in [-0.4, -0.2) is 44.4 Å². The number of carbonyl (C=O) groups is 1. The number of benzene rings is 1. The first kappa shape index (κ1) is 17.3. The number of rotatable bonds is 7. The van der Waals surface area contributed by atoms with Crippen molar-refractivity contribution in [2.45, 2.75) is 12.3 Å². The summed E-state index contributed by atoms with van der Waals surface area (Å²) >= 11 is 0. The van der Waals surface area contributed by atoms with Gasteiger partial charge in [-0.1, -0.05) is 12.1 Å². The second-order valence-corrected chi connectivity index (χ2v) is 5.10. The Kier molecular flexibility index (Phi) is 5.99. The second-order valence-electron chi connectivity index (χ2n) is 5.10. The monoisotopic (exact) mass is 324 g/mol. The maximum Gasteiger partial charge on any atom is 0.269 e. The molecule has 2 rings (SSSR count). The zero-order valence-corrected chi connectivity index (χ0v) is 12.9. The van der Waals surface area contributed by atoms with E-state index in [4.69, 9.17) is 9.47 Å². The number of hydrogen-bond donors (Lipinski definition) is 3. The summed E-state index contributed by atoms with van der Waals surface area (Å²) in [5, 5.41) is 13.5. The lowest BCUT2D eigenvalue weighted by atomic mass is 9.94. The van der Waals surface area contributed by atoms with Crippen molar-refractivity contribution in [3.8, 4) is 0 Å². The number of hydrazine groups is 1. The summed E-state index contributed by atoms with van der Waals surface area (Å²) < 4.78 is 10.1. The van der Waals surface area contributed by atoms with Crippen molar-refractivity contribution in [2.24, 2.45) is 5.92 Å². The van der Waals surface area contributed by atoms with Gasteiger partial charge in [0.1, 0.15) is 0 Å². The Balaban J connectivity index is 2.01. The highest BCUT2D eigenvalue weighted by molar-refractivity contribution is 5.80. The molecule has 0 aliphatic carbocycles. The number of amides is 1. The molecule has 0 aromatic heterocycles. The van der Waals surface area contributed by atoms with E-state index in [0.717, 1.165) is 5.56 Å². The van der Waals surface area contributed by atoms with Gasteiger partial charge < -0.3 is 14.8 Å². The number of non-ortho nitro benzene ring substituents is 1. The highest BCUT2D eigenvalue weighted by atomic mass is 16.7. The summed E-state index contributed by atoms with van der Waals surface area (Å²) in [7, 11) is 3.00. The minimum Gasteiger partial charge on any atom is -0.354 e. The van der Waals surface area contributed by atoms with Crippen LogP contribution in [0.2, 0.25) is 0 Å². The normalized spacial score (nSPS) is 20.7. The van der Waals surface area contributed by atoms with E-state index in [-0.39, 0.29) is 30.1 Å². The van der Waals surface area contributed by atoms with Gasteiger partial charge in [0, 0.05) is 32.9 Å². The van der Waals surface area contributed by atoms with Crippen LogP contribution in [0.1, 0.15) is 11.6 Å². The van der Waals surface area contributed by atoms with Gasteiger partial charge in [-0.3, -0.25) is 20.3 Å². The number of carbonyl (C=O) groups excluding carboxylic acids is 1. The van der Waals surface area contributed by atoms with Crippen LogP contribution in [0.3, 0.4) is 0 Å². The molecule has 1 aromatic carbocycles. The highest BCUT2D eigenvalue weighted by Crippen LogP contribution is 2.26. The highest BCUT2D eigenvalue weighted by Gasteiger charge is 2.34. The average Bonchev–Trinajstić information content (AvgIpc) is 3.05. The molecule has 0 bridgehead atoms. The first-order valence-corrected chi connectivity index (χ1v) is 7.13. The molecule has 3 N–H and O–H groups in total. The first-order chi connectivity index (χ1) is 11.1. The van der Waals surface area contributed by atoms with Crippen LogP contribution < -0.4 is 16.2 Å². The van der Waals surface area contributed by atoms with Gasteiger partial charge in [0.2, 0.25) is 5.91 Å². The third-order valence-corrected chi connectivity index (χ3v) is 3.75. The minimum absolute atomic E-state index is 0.0174. The average molecular weight is 324 g/mol. The first-order valence-electron chi connectivity index (χ1n) is 7.13. The van der Waals surface area contributed by atoms with Crippen LogP contribution in [0.25, 0.3) is 0 Å². The third kappa shape index (κ3) is 4.23. The fraction of sp³-hybridized carbons (Fsp3) is 0.500. The van der Waals surface area contributed by atoms with Gasteiger partial charge in [-0.25, -0.2) is 5.43 Å². The van der Waals surface area contributed by atoms with Crippen molar-refractivity contribution in [1.29, 1.82) is 0 Å². The van der Waals surface area contributed by atoms with Gasteiger partial charge in [0.25, 0.3) is 5.69 Å². The topological polar surface area (TPSA) is 115 Å². The van der Waals surface area contributed by atoms with Gasteiger partial charge in [0.05, 0.1) is 23.4 Å². The van der Waals surface area contributed by atoms with Crippen molar-refractivity contribution in [3.05, 3.63) is 39.9 Å². The van der Waals surface area contributed by atoms with Gasteiger partial charge in [0.15, 0.2) is 6.29 Å². The van der Waals surface area contributed by atoms with E-state index in [9.17, 15) is 14.9 Å². The number of methoxy groups -OCH3 is 2. The van der Waals surface area contributed by atoms with Gasteiger partial charge in [-0.2, -0.15) is 0 Å². The maximum absolute atomic E-state index is 12.3. The van der Waals surface area contributed by atoms with Gasteiger partial charge >= 0.3 is 0 Å². The SMILES string of the molecule is COC(CNC(=O)C1CNNC1c1ccc([N+](=O)[O-])cc1)OC. The Hall–Kier alpha value is -2.07. The summed E-state index contributed by atoms with van der Waals surface area (Å²) in [6, 6.07) is 5.89. The number of nitro groups is 1. The predicted molar refractivity (Wildman–Crippen MR) is 81.3 cm³/mol. The van der Waals surface area contributed by atoms with E-state index >= 15 is 0 Å². The van der Waals surface area contributed by atoms with Crippen molar-refractivity contribution in [2.75, 3.05) is 27.3 Å². The lowest BCUT2D eigenvalue weighted by Gasteiger charge is -2.20. The molecule has 1 aromatic rings. The molecule has 126 valence electrons. The molecule has 9 nitrogen and oxygen atoms in total. The molecule has 0 spiro atoms. The molecule has 1 amide bonds. The van der Waals surface area contributed by atoms with Crippen molar-refractivity contribution in [1.82, 2.24) is 16.2 Å². The van der Waals surface area contributed by atoms with Crippen LogP contribution >= 0.6 is 0 Å². The molecule has 0 radical (unpaired) electrons. The molecule has 0 saturated carbocycles. The molecule has 2 atom stereocenters. The second kappa shape index (κ2) is 7.97. The van der Waals surface area contributed by atoms with Gasteiger partial charge in [-0.05, 0) is 5.56 Å². The molecule has 9 heteroatoms. The summed E-state index contributed by atoms with van der Waals surface area (Å²) in [5.41, 5.74) is 6.79. The maximum atomic E-state index is 12.3. The van der Waals surface area contributed by atoms with Gasteiger partial charge in [-0.15, -0.1) is 0 Å². The zero-order valence-electron chi connectivity index (χ0n) is 12.9. The Morgan fingerprint density at radius 2 is 2.04 bits per heavy atom. The summed E-state index contributed by atoms with van der Waals surface area (Å²) in [6.45, 7) is 0.702. The number of nitro benzene ring substituents is 1. The van der Waals surface area contributed by atoms with E-state index in [1.807, 2.05) is 0 Å². The zero-order chi connectivity index (χ0) is 16.8. The molecule has 1 aliphatic rings. The smallest absolute Gasteiger partial charge is 0.269 e. The third-order valence-electron chi connectivity index (χ3n) is 3.75. The molecular formula is C14H20N4O5. The number of nitrogens with zero attached hydrogens (tertiary/aromatic N) is 1. The Morgan fingerprint density at radius 3 is 2.61 bits per heavy atom. The summed E-state index contributed by atoms with van der Waals surface area (Å²) in [4.78, 5) is 22.6. The minimum atomic E-state index is -0.501. The molecule has 23 heavy (non-hydrogen) atoms. The van der Waals surface area contributed by atoms with E-state index in [1.54, 1.807) is 12.1 Å². The Labute approximate surface area is 133 Å². The molecular weight excluding hydrogens is 304 g/mol. The largest absolute Gasteiger partial charge is 0.354 e. The molecule has 1 saturated heterocycles. The summed E-state index contributed by atoms with van der Waals surface area (Å²) in [5.74, 6) is -0.490. The lowest BCUT2D eigenvalue weighted by Crippen LogP contribution is -2.40. The van der Waals surface area contributed by atoms with E-state index in [0.29, 0.717) is 6.54 Å². The molecule has 1 fully saturated rings. The van der Waals surface area contributed by atoms with Crippen LogP contribution in [0.15, 0.2) is 24.3 Å². The fourth-order valence-corrected chi connectivity index (χ4v) is 2.44. The standard InChI is InChI=1S/C14H20N4O5/c1-22-12(23-2)8-15-14(19)11-7-16-17-13(11)9-3-5-10(6-4-9)18(20)21/h3-6,11-13,16-17H,7-8H2,1-2H3,(H,15,19). The van der Waals surface area contributed by atoms with Crippen LogP contribution in [-0.2, 0) is 14.3 Å². The van der Waals surface area contributed by atoms with E-state index < -0.39 is 11.2 Å². The van der Waals surface area contributed by atoms with E-state index in [2.05, 4.69) is 16.2 Å². The molecule has 1 aliphatic heterocycles. The summed E-state index contributed by atoms with van der Waals surface area (Å²) in [6.07, 6.45) is -0.501. The van der Waals surface area contributed by atoms with Crippen LogP contribution in [0, 0.1) is 16.0 Å². The van der Waals surface area contributed by atoms with E-state index in [1.165, 1.54) is 26.4 Å². The van der Waals surface area contributed by atoms with Crippen molar-refractivity contribution >= 4 is 11.6 Å². The molecule has 1 heterocycles. The number of hydrogen-bond acceptors (Lipinski definition) is 7. The number of nitrogens with one attached hydrogen (secondary N) is 3. The number of ether oxygens (including phenoxy) is 2. The quantitative estimate of drug-likeness (QED) is 0.370. The van der Waals surface area contributed by atoms with Crippen molar-refractivity contribution in [3.63, 3.8) is 0 Å².